The summed E-state index contributed by atoms with van der Waals surface area (Å²) in [6, 6.07) is 21.0. The number of urea groups is 1. The third-order valence-electron chi connectivity index (χ3n) is 4.89. The summed E-state index contributed by atoms with van der Waals surface area (Å²) in [4.78, 5) is 12.0. The van der Waals surface area contributed by atoms with E-state index in [2.05, 4.69) is 47.0 Å². The van der Waals surface area contributed by atoms with Gasteiger partial charge in [0.2, 0.25) is 0 Å². The van der Waals surface area contributed by atoms with Crippen LogP contribution in [-0.2, 0) is 6.42 Å². The molecule has 2 aromatic rings. The second kappa shape index (κ2) is 8.67. The average molecular weight is 337 g/mol. The van der Waals surface area contributed by atoms with Gasteiger partial charge in [0.25, 0.3) is 0 Å². The number of nitrogens with one attached hydrogen (secondary N) is 2. The van der Waals surface area contributed by atoms with Crippen LogP contribution in [0.2, 0.25) is 0 Å². The smallest absolute Gasteiger partial charge is 0.315 e. The quantitative estimate of drug-likeness (QED) is 0.726. The molecule has 2 aromatic carbocycles. The van der Waals surface area contributed by atoms with Crippen LogP contribution in [0.15, 0.2) is 60.7 Å². The summed E-state index contributed by atoms with van der Waals surface area (Å²) in [7, 11) is 0. The van der Waals surface area contributed by atoms with Gasteiger partial charge >= 0.3 is 6.03 Å². The fourth-order valence-electron chi connectivity index (χ4n) is 3.36. The maximum absolute atomic E-state index is 12.0. The molecule has 1 aliphatic carbocycles. The summed E-state index contributed by atoms with van der Waals surface area (Å²) in [5, 5.41) is 5.97. The Labute approximate surface area is 149 Å². The molecule has 0 heterocycles. The molecule has 1 unspecified atom stereocenters. The van der Waals surface area contributed by atoms with Crippen molar-refractivity contribution < 1.29 is 4.79 Å². The van der Waals surface area contributed by atoms with E-state index in [1.807, 2.05) is 24.3 Å². The molecule has 1 fully saturated rings. The van der Waals surface area contributed by atoms with E-state index in [1.54, 1.807) is 0 Å². The van der Waals surface area contributed by atoms with Gasteiger partial charge in [-0.3, -0.25) is 0 Å². The lowest BCUT2D eigenvalue weighted by atomic mass is 9.76. The topological polar surface area (TPSA) is 67.1 Å². The summed E-state index contributed by atoms with van der Waals surface area (Å²) in [5.74, 6) is 0.575. The Morgan fingerprint density at radius 1 is 1.04 bits per heavy atom. The highest BCUT2D eigenvalue weighted by atomic mass is 16.2. The molecule has 132 valence electrons. The predicted octanol–water partition coefficient (Wildman–Crippen LogP) is 3.19. The first-order valence-corrected chi connectivity index (χ1v) is 9.09. The molecule has 0 aromatic heterocycles. The van der Waals surface area contributed by atoms with Crippen molar-refractivity contribution >= 4 is 6.03 Å². The molecule has 25 heavy (non-hydrogen) atoms. The van der Waals surface area contributed by atoms with Crippen LogP contribution in [-0.4, -0.2) is 24.7 Å². The highest BCUT2D eigenvalue weighted by molar-refractivity contribution is 5.74. The van der Waals surface area contributed by atoms with Crippen molar-refractivity contribution in [1.29, 1.82) is 0 Å². The Kier molecular flexibility index (Phi) is 6.07. The zero-order valence-electron chi connectivity index (χ0n) is 14.5. The van der Waals surface area contributed by atoms with Crippen LogP contribution in [0.25, 0.3) is 0 Å². The molecule has 2 amide bonds. The molecule has 1 saturated carbocycles. The first kappa shape index (κ1) is 17.5. The molecule has 3 rings (SSSR count). The van der Waals surface area contributed by atoms with Crippen molar-refractivity contribution in [3.05, 3.63) is 71.8 Å². The third-order valence-corrected chi connectivity index (χ3v) is 4.89. The van der Waals surface area contributed by atoms with Gasteiger partial charge in [-0.25, -0.2) is 4.79 Å². The van der Waals surface area contributed by atoms with Gasteiger partial charge in [0, 0.05) is 18.6 Å². The van der Waals surface area contributed by atoms with Gasteiger partial charge in [-0.05, 0) is 42.7 Å². The van der Waals surface area contributed by atoms with E-state index in [9.17, 15) is 4.79 Å². The van der Waals surface area contributed by atoms with E-state index < -0.39 is 0 Å². The number of hydrogen-bond donors (Lipinski definition) is 3. The fraction of sp³-hybridized carbons (Fsp3) is 0.381. The molecule has 0 radical (unpaired) electrons. The lowest BCUT2D eigenvalue weighted by molar-refractivity contribution is 0.222. The highest BCUT2D eigenvalue weighted by Crippen LogP contribution is 2.36. The Morgan fingerprint density at radius 2 is 1.68 bits per heavy atom. The van der Waals surface area contributed by atoms with E-state index in [0.717, 1.165) is 25.7 Å². The van der Waals surface area contributed by atoms with E-state index in [1.165, 1.54) is 11.1 Å². The SMILES string of the molecule is NC(CCNC(=O)NC1CC(c2ccccc2)C1)Cc1ccccc1. The van der Waals surface area contributed by atoms with E-state index >= 15 is 0 Å². The van der Waals surface area contributed by atoms with Crippen LogP contribution in [0, 0.1) is 0 Å². The van der Waals surface area contributed by atoms with Gasteiger partial charge in [-0.2, -0.15) is 0 Å². The second-order valence-corrected chi connectivity index (χ2v) is 6.91. The summed E-state index contributed by atoms with van der Waals surface area (Å²) < 4.78 is 0. The van der Waals surface area contributed by atoms with Gasteiger partial charge in [-0.15, -0.1) is 0 Å². The minimum absolute atomic E-state index is 0.0638. The number of nitrogens with two attached hydrogens (primary N) is 1. The van der Waals surface area contributed by atoms with E-state index in [4.69, 9.17) is 5.73 Å². The minimum atomic E-state index is -0.0802. The van der Waals surface area contributed by atoms with Gasteiger partial charge in [0.15, 0.2) is 0 Å². The Bertz CT molecular complexity index is 653. The molecular formula is C21H27N3O. The molecule has 0 spiro atoms. The molecule has 0 aliphatic heterocycles. The normalized spacial score (nSPS) is 20.4. The van der Waals surface area contributed by atoms with Crippen molar-refractivity contribution in [3.63, 3.8) is 0 Å². The highest BCUT2D eigenvalue weighted by Gasteiger charge is 2.31. The molecule has 1 atom stereocenters. The maximum Gasteiger partial charge on any atom is 0.315 e. The second-order valence-electron chi connectivity index (χ2n) is 6.91. The number of benzene rings is 2. The van der Waals surface area contributed by atoms with E-state index in [-0.39, 0.29) is 18.1 Å². The van der Waals surface area contributed by atoms with Gasteiger partial charge < -0.3 is 16.4 Å². The lowest BCUT2D eigenvalue weighted by Gasteiger charge is -2.36. The summed E-state index contributed by atoms with van der Waals surface area (Å²) in [6.07, 6.45) is 3.65. The zero-order chi connectivity index (χ0) is 17.5. The Hall–Kier alpha value is -2.33. The predicted molar refractivity (Wildman–Crippen MR) is 101 cm³/mol. The molecular weight excluding hydrogens is 310 g/mol. The largest absolute Gasteiger partial charge is 0.338 e. The maximum atomic E-state index is 12.0. The molecule has 4 nitrogen and oxygen atoms in total. The van der Waals surface area contributed by atoms with Crippen molar-refractivity contribution in [2.75, 3.05) is 6.54 Å². The molecule has 0 bridgehead atoms. The monoisotopic (exact) mass is 337 g/mol. The third kappa shape index (κ3) is 5.33. The van der Waals surface area contributed by atoms with Gasteiger partial charge in [-0.1, -0.05) is 60.7 Å². The van der Waals surface area contributed by atoms with Crippen LogP contribution in [0.4, 0.5) is 4.79 Å². The molecule has 4 heteroatoms. The Balaban J connectivity index is 1.29. The fourth-order valence-corrected chi connectivity index (χ4v) is 3.36. The van der Waals surface area contributed by atoms with Gasteiger partial charge in [0.05, 0.1) is 0 Å². The zero-order valence-corrected chi connectivity index (χ0v) is 14.5. The molecule has 1 aliphatic rings. The van der Waals surface area contributed by atoms with Gasteiger partial charge in [0.1, 0.15) is 0 Å². The molecule has 4 N–H and O–H groups in total. The summed E-state index contributed by atoms with van der Waals surface area (Å²) in [5.41, 5.74) is 8.75. The minimum Gasteiger partial charge on any atom is -0.338 e. The van der Waals surface area contributed by atoms with Crippen LogP contribution in [0.1, 0.15) is 36.3 Å². The van der Waals surface area contributed by atoms with Crippen LogP contribution < -0.4 is 16.4 Å². The first-order valence-electron chi connectivity index (χ1n) is 9.09. The number of rotatable bonds is 7. The number of carbonyl (C=O) groups is 1. The van der Waals surface area contributed by atoms with Crippen LogP contribution in [0.3, 0.4) is 0 Å². The molecule has 0 saturated heterocycles. The Morgan fingerprint density at radius 3 is 2.36 bits per heavy atom. The standard InChI is InChI=1S/C21H27N3O/c22-19(13-16-7-3-1-4-8-16)11-12-23-21(25)24-20-14-18(15-20)17-9-5-2-6-10-17/h1-10,18-20H,11-15,22H2,(H2,23,24,25). The van der Waals surface area contributed by atoms with Crippen molar-refractivity contribution in [2.24, 2.45) is 5.73 Å². The summed E-state index contributed by atoms with van der Waals surface area (Å²) >= 11 is 0. The summed E-state index contributed by atoms with van der Waals surface area (Å²) in [6.45, 7) is 0.606. The van der Waals surface area contributed by atoms with Crippen molar-refractivity contribution in [1.82, 2.24) is 10.6 Å². The number of carbonyl (C=O) groups excluding carboxylic acids is 1. The van der Waals surface area contributed by atoms with E-state index in [0.29, 0.717) is 12.5 Å². The average Bonchev–Trinajstić information content (AvgIpc) is 2.59. The van der Waals surface area contributed by atoms with Crippen LogP contribution >= 0.6 is 0 Å². The van der Waals surface area contributed by atoms with Crippen molar-refractivity contribution in [2.45, 2.75) is 43.7 Å². The van der Waals surface area contributed by atoms with Crippen LogP contribution in [0.5, 0.6) is 0 Å². The first-order chi connectivity index (χ1) is 12.2. The lowest BCUT2D eigenvalue weighted by Crippen LogP contribution is -2.48. The van der Waals surface area contributed by atoms with Crippen molar-refractivity contribution in [3.8, 4) is 0 Å². The number of hydrogen-bond acceptors (Lipinski definition) is 2. The number of amides is 2.